The van der Waals surface area contributed by atoms with Gasteiger partial charge in [0.05, 0.1) is 17.8 Å². The third kappa shape index (κ3) is 2.64. The fraction of sp³-hybridized carbons (Fsp3) is 0.462. The molecule has 2 atom stereocenters. The molecule has 2 rings (SSSR count). The molecule has 0 aliphatic carbocycles. The first-order valence-corrected chi connectivity index (χ1v) is 6.12. The monoisotopic (exact) mass is 265 g/mol. The molecule has 0 spiro atoms. The van der Waals surface area contributed by atoms with E-state index >= 15 is 0 Å². The minimum Gasteiger partial charge on any atom is -0.399 e. The molecule has 1 aromatic carbocycles. The molecule has 0 aromatic heterocycles. The number of nitrogens with zero attached hydrogens (tertiary/aromatic N) is 2. The van der Waals surface area contributed by atoms with Gasteiger partial charge in [0.1, 0.15) is 0 Å². The fourth-order valence-corrected chi connectivity index (χ4v) is 2.22. The molecular weight excluding hydrogens is 246 g/mol. The van der Waals surface area contributed by atoms with Crippen LogP contribution in [0.2, 0.25) is 0 Å². The van der Waals surface area contributed by atoms with Crippen LogP contribution in [0.25, 0.3) is 0 Å². The highest BCUT2D eigenvalue weighted by Gasteiger charge is 2.33. The average Bonchev–Trinajstić information content (AvgIpc) is 2.68. The number of rotatable bonds is 2. The number of anilines is 2. The number of hydrogen-bond acceptors (Lipinski definition) is 5. The first kappa shape index (κ1) is 13.6. The van der Waals surface area contributed by atoms with Crippen LogP contribution in [-0.2, 0) is 0 Å². The Labute approximate surface area is 112 Å². The summed E-state index contributed by atoms with van der Waals surface area (Å²) in [6.45, 7) is 0.281. The molecule has 6 heteroatoms. The maximum atomic E-state index is 12.4. The third-order valence-corrected chi connectivity index (χ3v) is 3.28. The van der Waals surface area contributed by atoms with E-state index in [-0.39, 0.29) is 19.0 Å². The standard InChI is InChI=1S/C13H19N3O3/c1-15(2)10-4-3-8(14)5-9(10)13(19)16-6-11(17)12(18)7-16/h3-5,11-12,17-18H,6-7,14H2,1-2H3/t11-,12+. The minimum absolute atomic E-state index is 0.141. The number of aliphatic hydroxyl groups is 2. The summed E-state index contributed by atoms with van der Waals surface area (Å²) in [4.78, 5) is 15.7. The Morgan fingerprint density at radius 2 is 1.89 bits per heavy atom. The van der Waals surface area contributed by atoms with Gasteiger partial charge in [-0.15, -0.1) is 0 Å². The van der Waals surface area contributed by atoms with Crippen molar-refractivity contribution < 1.29 is 15.0 Å². The number of amides is 1. The summed E-state index contributed by atoms with van der Waals surface area (Å²) in [6.07, 6.45) is -1.76. The molecule has 104 valence electrons. The number of benzene rings is 1. The average molecular weight is 265 g/mol. The van der Waals surface area contributed by atoms with E-state index in [1.165, 1.54) is 4.90 Å². The van der Waals surface area contributed by atoms with Crippen molar-refractivity contribution >= 4 is 17.3 Å². The number of carbonyl (C=O) groups excluding carboxylic acids is 1. The van der Waals surface area contributed by atoms with E-state index in [0.717, 1.165) is 5.69 Å². The lowest BCUT2D eigenvalue weighted by Crippen LogP contribution is -2.31. The van der Waals surface area contributed by atoms with Crippen LogP contribution in [0.3, 0.4) is 0 Å². The first-order chi connectivity index (χ1) is 8.90. The van der Waals surface area contributed by atoms with Gasteiger partial charge in [-0.05, 0) is 18.2 Å². The molecule has 1 aliphatic rings. The molecule has 1 aromatic rings. The maximum absolute atomic E-state index is 12.4. The molecule has 6 nitrogen and oxygen atoms in total. The summed E-state index contributed by atoms with van der Waals surface area (Å²) in [6, 6.07) is 5.14. The maximum Gasteiger partial charge on any atom is 0.256 e. The Bertz CT molecular complexity index is 480. The molecule has 1 amide bonds. The van der Waals surface area contributed by atoms with E-state index in [0.29, 0.717) is 11.3 Å². The van der Waals surface area contributed by atoms with Crippen molar-refractivity contribution in [1.82, 2.24) is 4.90 Å². The molecule has 0 bridgehead atoms. The van der Waals surface area contributed by atoms with E-state index in [4.69, 9.17) is 5.73 Å². The second-order valence-corrected chi connectivity index (χ2v) is 5.02. The van der Waals surface area contributed by atoms with Gasteiger partial charge in [-0.2, -0.15) is 0 Å². The number of nitrogen functional groups attached to an aromatic ring is 1. The molecular formula is C13H19N3O3. The van der Waals surface area contributed by atoms with E-state index in [9.17, 15) is 15.0 Å². The second-order valence-electron chi connectivity index (χ2n) is 5.02. The fourth-order valence-electron chi connectivity index (χ4n) is 2.22. The van der Waals surface area contributed by atoms with Crippen LogP contribution in [0, 0.1) is 0 Å². The zero-order chi connectivity index (χ0) is 14.2. The van der Waals surface area contributed by atoms with Crippen LogP contribution in [0.4, 0.5) is 11.4 Å². The van der Waals surface area contributed by atoms with Gasteiger partial charge in [-0.3, -0.25) is 4.79 Å². The number of aliphatic hydroxyl groups excluding tert-OH is 2. The van der Waals surface area contributed by atoms with Crippen molar-refractivity contribution in [2.45, 2.75) is 12.2 Å². The molecule has 1 saturated heterocycles. The normalized spacial score (nSPS) is 22.6. The van der Waals surface area contributed by atoms with Gasteiger partial charge < -0.3 is 25.7 Å². The van der Waals surface area contributed by atoms with Crippen molar-refractivity contribution in [2.75, 3.05) is 37.8 Å². The van der Waals surface area contributed by atoms with Crippen LogP contribution in [-0.4, -0.2) is 60.4 Å². The molecule has 0 radical (unpaired) electrons. The lowest BCUT2D eigenvalue weighted by Gasteiger charge is -2.21. The number of hydrogen-bond donors (Lipinski definition) is 3. The van der Waals surface area contributed by atoms with Crippen molar-refractivity contribution in [3.05, 3.63) is 23.8 Å². The summed E-state index contributed by atoms with van der Waals surface area (Å²) in [5.41, 5.74) is 7.48. The van der Waals surface area contributed by atoms with Gasteiger partial charge in [0.2, 0.25) is 0 Å². The highest BCUT2D eigenvalue weighted by atomic mass is 16.3. The van der Waals surface area contributed by atoms with Crippen LogP contribution < -0.4 is 10.6 Å². The molecule has 0 unspecified atom stereocenters. The molecule has 4 N–H and O–H groups in total. The van der Waals surface area contributed by atoms with Gasteiger partial charge in [0, 0.05) is 38.6 Å². The van der Waals surface area contributed by atoms with Gasteiger partial charge in [-0.25, -0.2) is 0 Å². The summed E-state index contributed by atoms with van der Waals surface area (Å²) in [5.74, 6) is -0.230. The summed E-state index contributed by atoms with van der Waals surface area (Å²) >= 11 is 0. The lowest BCUT2D eigenvalue weighted by molar-refractivity contribution is 0.0572. The van der Waals surface area contributed by atoms with Crippen molar-refractivity contribution in [2.24, 2.45) is 0 Å². The summed E-state index contributed by atoms with van der Waals surface area (Å²) in [7, 11) is 3.69. The quantitative estimate of drug-likeness (QED) is 0.628. The lowest BCUT2D eigenvalue weighted by atomic mass is 10.1. The Morgan fingerprint density at radius 3 is 2.42 bits per heavy atom. The van der Waals surface area contributed by atoms with E-state index < -0.39 is 12.2 Å². The van der Waals surface area contributed by atoms with Crippen molar-refractivity contribution in [3.63, 3.8) is 0 Å². The number of likely N-dealkylation sites (tertiary alicyclic amines) is 1. The largest absolute Gasteiger partial charge is 0.399 e. The van der Waals surface area contributed by atoms with Gasteiger partial charge in [-0.1, -0.05) is 0 Å². The number of β-amino-alcohol motifs (C(OH)–C–C–N with tert-alkyl or cyclic N) is 2. The second kappa shape index (κ2) is 5.07. The Morgan fingerprint density at radius 1 is 1.32 bits per heavy atom. The van der Waals surface area contributed by atoms with Crippen LogP contribution in [0.5, 0.6) is 0 Å². The highest BCUT2D eigenvalue weighted by molar-refractivity contribution is 6.00. The highest BCUT2D eigenvalue weighted by Crippen LogP contribution is 2.24. The van der Waals surface area contributed by atoms with E-state index in [1.54, 1.807) is 18.2 Å². The Hall–Kier alpha value is -1.79. The third-order valence-electron chi connectivity index (χ3n) is 3.28. The van der Waals surface area contributed by atoms with Gasteiger partial charge in [0.25, 0.3) is 5.91 Å². The van der Waals surface area contributed by atoms with Crippen LogP contribution in [0.1, 0.15) is 10.4 Å². The molecule has 1 aliphatic heterocycles. The van der Waals surface area contributed by atoms with Gasteiger partial charge >= 0.3 is 0 Å². The topological polar surface area (TPSA) is 90.0 Å². The SMILES string of the molecule is CN(C)c1ccc(N)cc1C(=O)N1C[C@@H](O)[C@@H](O)C1. The number of carbonyl (C=O) groups is 1. The summed E-state index contributed by atoms with van der Waals surface area (Å²) < 4.78 is 0. The van der Waals surface area contributed by atoms with E-state index in [1.807, 2.05) is 19.0 Å². The molecule has 0 saturated carbocycles. The predicted octanol–water partition coefficient (Wildman–Crippen LogP) is -0.488. The Balaban J connectivity index is 2.31. The zero-order valence-corrected chi connectivity index (χ0v) is 11.1. The molecule has 1 heterocycles. The van der Waals surface area contributed by atoms with Crippen LogP contribution >= 0.6 is 0 Å². The molecule has 19 heavy (non-hydrogen) atoms. The zero-order valence-electron chi connectivity index (χ0n) is 11.1. The van der Waals surface area contributed by atoms with Crippen molar-refractivity contribution in [3.8, 4) is 0 Å². The first-order valence-electron chi connectivity index (χ1n) is 6.12. The summed E-state index contributed by atoms with van der Waals surface area (Å²) in [5, 5.41) is 19.0. The smallest absolute Gasteiger partial charge is 0.256 e. The predicted molar refractivity (Wildman–Crippen MR) is 73.1 cm³/mol. The van der Waals surface area contributed by atoms with Gasteiger partial charge in [0.15, 0.2) is 0 Å². The Kier molecular flexibility index (Phi) is 3.64. The van der Waals surface area contributed by atoms with Crippen molar-refractivity contribution in [1.29, 1.82) is 0 Å². The van der Waals surface area contributed by atoms with E-state index in [2.05, 4.69) is 0 Å². The number of nitrogens with two attached hydrogens (primary N) is 1. The van der Waals surface area contributed by atoms with Crippen LogP contribution in [0.15, 0.2) is 18.2 Å². The minimum atomic E-state index is -0.882. The molecule has 1 fully saturated rings.